The van der Waals surface area contributed by atoms with Gasteiger partial charge in [-0.3, -0.25) is 4.98 Å². The second-order valence-corrected chi connectivity index (χ2v) is 4.32. The summed E-state index contributed by atoms with van der Waals surface area (Å²) in [5, 5.41) is 0. The smallest absolute Gasteiger partial charge is 0.0573 e. The minimum atomic E-state index is 0.693. The van der Waals surface area contributed by atoms with Crippen LogP contribution in [0.25, 0.3) is 0 Å². The van der Waals surface area contributed by atoms with Crippen molar-refractivity contribution in [3.05, 3.63) is 53.9 Å². The molecule has 3 nitrogen and oxygen atoms in total. The SMILES string of the molecule is Cc1cccc(CN(C)c2cncc(N)c2)c1. The maximum atomic E-state index is 5.72. The third-order valence-electron chi connectivity index (χ3n) is 2.69. The number of aromatic nitrogens is 1. The maximum Gasteiger partial charge on any atom is 0.0573 e. The van der Waals surface area contributed by atoms with Crippen LogP contribution in [0.4, 0.5) is 11.4 Å². The van der Waals surface area contributed by atoms with E-state index in [0.29, 0.717) is 5.69 Å². The molecule has 1 heterocycles. The largest absolute Gasteiger partial charge is 0.397 e. The summed E-state index contributed by atoms with van der Waals surface area (Å²) in [6.45, 7) is 2.96. The molecule has 0 aliphatic rings. The van der Waals surface area contributed by atoms with E-state index in [9.17, 15) is 0 Å². The van der Waals surface area contributed by atoms with Gasteiger partial charge in [-0.1, -0.05) is 29.8 Å². The van der Waals surface area contributed by atoms with Crippen molar-refractivity contribution in [2.24, 2.45) is 0 Å². The van der Waals surface area contributed by atoms with Gasteiger partial charge < -0.3 is 10.6 Å². The second kappa shape index (κ2) is 4.87. The zero-order valence-corrected chi connectivity index (χ0v) is 10.2. The Bertz CT molecular complexity index is 508. The maximum absolute atomic E-state index is 5.72. The summed E-state index contributed by atoms with van der Waals surface area (Å²) < 4.78 is 0. The third-order valence-corrected chi connectivity index (χ3v) is 2.69. The van der Waals surface area contributed by atoms with E-state index >= 15 is 0 Å². The van der Waals surface area contributed by atoms with Crippen molar-refractivity contribution in [2.75, 3.05) is 17.7 Å². The van der Waals surface area contributed by atoms with Crippen molar-refractivity contribution in [2.45, 2.75) is 13.5 Å². The summed E-state index contributed by atoms with van der Waals surface area (Å²) in [4.78, 5) is 6.23. The highest BCUT2D eigenvalue weighted by molar-refractivity contribution is 5.53. The third kappa shape index (κ3) is 2.97. The summed E-state index contributed by atoms with van der Waals surface area (Å²) in [6.07, 6.45) is 3.48. The lowest BCUT2D eigenvalue weighted by Gasteiger charge is -2.19. The fraction of sp³-hybridized carbons (Fsp3) is 0.214. The summed E-state index contributed by atoms with van der Waals surface area (Å²) in [6, 6.07) is 10.4. The van der Waals surface area contributed by atoms with E-state index < -0.39 is 0 Å². The number of nitrogens with zero attached hydrogens (tertiary/aromatic N) is 2. The molecule has 2 N–H and O–H groups in total. The van der Waals surface area contributed by atoms with Crippen LogP contribution in [0.3, 0.4) is 0 Å². The normalized spacial score (nSPS) is 10.2. The first kappa shape index (κ1) is 11.5. The van der Waals surface area contributed by atoms with Crippen molar-refractivity contribution in [1.82, 2.24) is 4.98 Å². The zero-order chi connectivity index (χ0) is 12.3. The molecule has 0 aliphatic carbocycles. The molecule has 0 bridgehead atoms. The number of aryl methyl sites for hydroxylation is 1. The fourth-order valence-electron chi connectivity index (χ4n) is 1.83. The molecule has 2 rings (SSSR count). The van der Waals surface area contributed by atoms with Gasteiger partial charge in [-0.25, -0.2) is 0 Å². The van der Waals surface area contributed by atoms with Crippen molar-refractivity contribution < 1.29 is 0 Å². The van der Waals surface area contributed by atoms with E-state index in [4.69, 9.17) is 5.73 Å². The average molecular weight is 227 g/mol. The average Bonchev–Trinajstić information content (AvgIpc) is 2.29. The molecular formula is C14H17N3. The Morgan fingerprint density at radius 1 is 1.24 bits per heavy atom. The van der Waals surface area contributed by atoms with E-state index in [2.05, 4.69) is 41.1 Å². The van der Waals surface area contributed by atoms with Gasteiger partial charge in [-0.2, -0.15) is 0 Å². The molecule has 0 saturated carbocycles. The molecule has 0 radical (unpaired) electrons. The van der Waals surface area contributed by atoms with Gasteiger partial charge in [-0.15, -0.1) is 0 Å². The number of anilines is 2. The lowest BCUT2D eigenvalue weighted by Crippen LogP contribution is -2.16. The minimum Gasteiger partial charge on any atom is -0.397 e. The van der Waals surface area contributed by atoms with Gasteiger partial charge in [0.15, 0.2) is 0 Å². The van der Waals surface area contributed by atoms with Crippen LogP contribution >= 0.6 is 0 Å². The van der Waals surface area contributed by atoms with Gasteiger partial charge in [0, 0.05) is 19.8 Å². The van der Waals surface area contributed by atoms with E-state index in [1.165, 1.54) is 11.1 Å². The molecule has 0 aliphatic heterocycles. The first-order valence-electron chi connectivity index (χ1n) is 5.62. The number of benzene rings is 1. The number of hydrogen-bond donors (Lipinski definition) is 1. The molecule has 0 spiro atoms. The molecule has 3 heteroatoms. The molecule has 2 aromatic rings. The monoisotopic (exact) mass is 227 g/mol. The minimum absolute atomic E-state index is 0.693. The van der Waals surface area contributed by atoms with E-state index in [1.54, 1.807) is 6.20 Å². The fourth-order valence-corrected chi connectivity index (χ4v) is 1.83. The van der Waals surface area contributed by atoms with Crippen LogP contribution in [-0.2, 0) is 6.54 Å². The Labute approximate surface area is 102 Å². The Morgan fingerprint density at radius 2 is 2.06 bits per heavy atom. The summed E-state index contributed by atoms with van der Waals surface area (Å²) in [5.74, 6) is 0. The summed E-state index contributed by atoms with van der Waals surface area (Å²) >= 11 is 0. The number of pyridine rings is 1. The molecule has 0 saturated heterocycles. The predicted molar refractivity (Wildman–Crippen MR) is 71.9 cm³/mol. The molecule has 1 aromatic heterocycles. The van der Waals surface area contributed by atoms with E-state index in [0.717, 1.165) is 12.2 Å². The van der Waals surface area contributed by atoms with E-state index in [1.807, 2.05) is 19.3 Å². The van der Waals surface area contributed by atoms with Crippen molar-refractivity contribution in [3.8, 4) is 0 Å². The number of nitrogens with two attached hydrogens (primary N) is 1. The number of hydrogen-bond acceptors (Lipinski definition) is 3. The molecule has 17 heavy (non-hydrogen) atoms. The molecular weight excluding hydrogens is 210 g/mol. The van der Waals surface area contributed by atoms with Crippen molar-refractivity contribution in [1.29, 1.82) is 0 Å². The number of nitrogen functional groups attached to an aromatic ring is 1. The van der Waals surface area contributed by atoms with Crippen molar-refractivity contribution >= 4 is 11.4 Å². The van der Waals surface area contributed by atoms with Crippen LogP contribution in [-0.4, -0.2) is 12.0 Å². The Balaban J connectivity index is 2.14. The Kier molecular flexibility index (Phi) is 3.28. The quantitative estimate of drug-likeness (QED) is 0.876. The van der Waals surface area contributed by atoms with Gasteiger partial charge in [-0.05, 0) is 18.6 Å². The predicted octanol–water partition coefficient (Wildman–Crippen LogP) is 2.61. The van der Waals surface area contributed by atoms with Crippen LogP contribution in [0.5, 0.6) is 0 Å². The molecule has 0 atom stereocenters. The van der Waals surface area contributed by atoms with Gasteiger partial charge in [0.05, 0.1) is 17.6 Å². The van der Waals surface area contributed by atoms with Gasteiger partial charge >= 0.3 is 0 Å². The van der Waals surface area contributed by atoms with Gasteiger partial charge in [0.25, 0.3) is 0 Å². The molecule has 0 fully saturated rings. The van der Waals surface area contributed by atoms with Crippen LogP contribution in [0, 0.1) is 6.92 Å². The standard InChI is InChI=1S/C14H17N3/c1-11-4-3-5-12(6-11)10-17(2)14-7-13(15)8-16-9-14/h3-9H,10,15H2,1-2H3. The van der Waals surface area contributed by atoms with Gasteiger partial charge in [0.2, 0.25) is 0 Å². The second-order valence-electron chi connectivity index (χ2n) is 4.32. The van der Waals surface area contributed by atoms with Crippen molar-refractivity contribution in [3.63, 3.8) is 0 Å². The lowest BCUT2D eigenvalue weighted by molar-refractivity contribution is 0.917. The Morgan fingerprint density at radius 3 is 2.76 bits per heavy atom. The first-order valence-corrected chi connectivity index (χ1v) is 5.62. The summed E-state index contributed by atoms with van der Waals surface area (Å²) in [5.41, 5.74) is 10.0. The highest BCUT2D eigenvalue weighted by Crippen LogP contribution is 2.17. The highest BCUT2D eigenvalue weighted by Gasteiger charge is 2.03. The molecule has 0 unspecified atom stereocenters. The molecule has 0 amide bonds. The number of rotatable bonds is 3. The zero-order valence-electron chi connectivity index (χ0n) is 10.2. The Hall–Kier alpha value is -2.03. The first-order chi connectivity index (χ1) is 8.15. The van der Waals surface area contributed by atoms with Crippen LogP contribution in [0.1, 0.15) is 11.1 Å². The topological polar surface area (TPSA) is 42.2 Å². The summed E-state index contributed by atoms with van der Waals surface area (Å²) in [7, 11) is 2.04. The van der Waals surface area contributed by atoms with E-state index in [-0.39, 0.29) is 0 Å². The van der Waals surface area contributed by atoms with Crippen LogP contribution in [0.15, 0.2) is 42.7 Å². The highest BCUT2D eigenvalue weighted by atomic mass is 15.1. The molecule has 1 aromatic carbocycles. The lowest BCUT2D eigenvalue weighted by atomic mass is 10.1. The molecule has 88 valence electrons. The van der Waals surface area contributed by atoms with Gasteiger partial charge in [0.1, 0.15) is 0 Å². The van der Waals surface area contributed by atoms with Crippen LogP contribution < -0.4 is 10.6 Å². The van der Waals surface area contributed by atoms with Crippen LogP contribution in [0.2, 0.25) is 0 Å².